The Kier molecular flexibility index (Phi) is 4.01. The molecule has 0 bridgehead atoms. The number of aromatic nitrogens is 2. The summed E-state index contributed by atoms with van der Waals surface area (Å²) in [6, 6.07) is 1.95. The van der Waals surface area contributed by atoms with Crippen molar-refractivity contribution in [3.05, 3.63) is 11.8 Å². The third-order valence-electron chi connectivity index (χ3n) is 1.98. The smallest absolute Gasteiger partial charge is 0.145 e. The molecule has 1 heterocycles. The van der Waals surface area contributed by atoms with Gasteiger partial charge in [0.15, 0.2) is 0 Å². The van der Waals surface area contributed by atoms with Gasteiger partial charge in [-0.15, -0.1) is 12.4 Å². The molecule has 14 heavy (non-hydrogen) atoms. The van der Waals surface area contributed by atoms with Gasteiger partial charge in [-0.1, -0.05) is 13.8 Å². The van der Waals surface area contributed by atoms with Crippen molar-refractivity contribution in [3.8, 4) is 0 Å². The van der Waals surface area contributed by atoms with Gasteiger partial charge in [-0.3, -0.25) is 4.68 Å². The highest BCUT2D eigenvalue weighted by Crippen LogP contribution is 2.23. The van der Waals surface area contributed by atoms with E-state index in [4.69, 9.17) is 5.73 Å². The Labute approximate surface area is 92.1 Å². The lowest BCUT2D eigenvalue weighted by atomic mass is 10.1. The van der Waals surface area contributed by atoms with Crippen LogP contribution in [-0.2, 0) is 5.54 Å². The second kappa shape index (κ2) is 4.22. The van der Waals surface area contributed by atoms with E-state index in [1.165, 1.54) is 5.69 Å². The van der Waals surface area contributed by atoms with Crippen molar-refractivity contribution in [2.75, 3.05) is 5.73 Å². The molecule has 0 saturated heterocycles. The molecule has 1 aromatic rings. The van der Waals surface area contributed by atoms with E-state index in [0.717, 1.165) is 0 Å². The van der Waals surface area contributed by atoms with Gasteiger partial charge in [0.25, 0.3) is 0 Å². The molecule has 0 aliphatic carbocycles. The van der Waals surface area contributed by atoms with Crippen LogP contribution in [0.3, 0.4) is 0 Å². The number of halogens is 1. The second-order valence-electron chi connectivity index (χ2n) is 4.73. The lowest BCUT2D eigenvalue weighted by molar-refractivity contribution is 0.340. The van der Waals surface area contributed by atoms with E-state index in [1.54, 1.807) is 0 Å². The Morgan fingerprint density at radius 2 is 1.86 bits per heavy atom. The first-order valence-corrected chi connectivity index (χ1v) is 4.68. The number of nitrogens with zero attached hydrogens (tertiary/aromatic N) is 2. The van der Waals surface area contributed by atoms with Crippen molar-refractivity contribution >= 4 is 18.2 Å². The van der Waals surface area contributed by atoms with Crippen LogP contribution in [0.4, 0.5) is 5.82 Å². The van der Waals surface area contributed by atoms with Crippen LogP contribution in [0.2, 0.25) is 0 Å². The zero-order chi connectivity index (χ0) is 10.2. The fraction of sp³-hybridized carbons (Fsp3) is 0.700. The molecule has 0 aliphatic heterocycles. The maximum Gasteiger partial charge on any atom is 0.145 e. The van der Waals surface area contributed by atoms with Crippen LogP contribution in [0.15, 0.2) is 6.07 Å². The molecule has 3 nitrogen and oxygen atoms in total. The number of anilines is 1. The normalized spacial score (nSPS) is 11.6. The van der Waals surface area contributed by atoms with Gasteiger partial charge in [-0.2, -0.15) is 5.10 Å². The summed E-state index contributed by atoms with van der Waals surface area (Å²) in [4.78, 5) is 0. The zero-order valence-corrected chi connectivity index (χ0v) is 10.4. The Hall–Kier alpha value is -0.700. The van der Waals surface area contributed by atoms with Gasteiger partial charge in [-0.05, 0) is 26.7 Å². The van der Waals surface area contributed by atoms with Gasteiger partial charge in [0.05, 0.1) is 5.54 Å². The van der Waals surface area contributed by atoms with Crippen LogP contribution < -0.4 is 5.73 Å². The van der Waals surface area contributed by atoms with E-state index in [-0.39, 0.29) is 17.9 Å². The highest BCUT2D eigenvalue weighted by atomic mass is 35.5. The number of nitrogen functional groups attached to an aromatic ring is 1. The molecule has 0 aliphatic rings. The molecule has 0 fully saturated rings. The number of hydrogen-bond donors (Lipinski definition) is 1. The molecule has 0 radical (unpaired) electrons. The Bertz CT molecular complexity index is 297. The van der Waals surface area contributed by atoms with E-state index >= 15 is 0 Å². The average Bonchev–Trinajstić information content (AvgIpc) is 2.29. The molecular formula is C10H20ClN3. The second-order valence-corrected chi connectivity index (χ2v) is 4.73. The quantitative estimate of drug-likeness (QED) is 0.786. The average molecular weight is 218 g/mol. The summed E-state index contributed by atoms with van der Waals surface area (Å²) in [6.45, 7) is 10.7. The third kappa shape index (κ3) is 2.64. The number of nitrogens with two attached hydrogens (primary N) is 1. The molecule has 2 N–H and O–H groups in total. The summed E-state index contributed by atoms with van der Waals surface area (Å²) in [7, 11) is 0. The molecule has 0 atom stereocenters. The third-order valence-corrected chi connectivity index (χ3v) is 1.98. The highest BCUT2D eigenvalue weighted by molar-refractivity contribution is 5.85. The van der Waals surface area contributed by atoms with Gasteiger partial charge in [0.1, 0.15) is 5.82 Å². The lowest BCUT2D eigenvalue weighted by Gasteiger charge is -2.23. The topological polar surface area (TPSA) is 43.8 Å². The molecule has 0 aromatic carbocycles. The van der Waals surface area contributed by atoms with Gasteiger partial charge in [0, 0.05) is 11.8 Å². The minimum Gasteiger partial charge on any atom is -0.382 e. The maximum absolute atomic E-state index is 5.68. The molecule has 0 spiro atoms. The van der Waals surface area contributed by atoms with Gasteiger partial charge >= 0.3 is 0 Å². The van der Waals surface area contributed by atoms with Crippen LogP contribution in [0.5, 0.6) is 0 Å². The Morgan fingerprint density at radius 3 is 2.14 bits per heavy atom. The molecule has 4 heteroatoms. The molecule has 0 unspecified atom stereocenters. The summed E-state index contributed by atoms with van der Waals surface area (Å²) in [5.74, 6) is 1.07. The van der Waals surface area contributed by atoms with E-state index in [2.05, 4.69) is 39.7 Å². The van der Waals surface area contributed by atoms with Crippen LogP contribution in [0.25, 0.3) is 0 Å². The van der Waals surface area contributed by atoms with Crippen molar-refractivity contribution < 1.29 is 0 Å². The number of rotatable bonds is 1. The Balaban J connectivity index is 0.00000169. The van der Waals surface area contributed by atoms with E-state index in [0.29, 0.717) is 11.7 Å². The Morgan fingerprint density at radius 1 is 1.36 bits per heavy atom. The summed E-state index contributed by atoms with van der Waals surface area (Å²) < 4.78 is 2.01. The van der Waals surface area contributed by atoms with Crippen molar-refractivity contribution in [2.45, 2.75) is 46.1 Å². The van der Waals surface area contributed by atoms with E-state index < -0.39 is 0 Å². The predicted molar refractivity (Wildman–Crippen MR) is 63.0 cm³/mol. The predicted octanol–water partition coefficient (Wildman–Crippen LogP) is 2.77. The molecule has 0 saturated carbocycles. The summed E-state index contributed by atoms with van der Waals surface area (Å²) >= 11 is 0. The van der Waals surface area contributed by atoms with Gasteiger partial charge in [0.2, 0.25) is 0 Å². The van der Waals surface area contributed by atoms with E-state index in [1.807, 2.05) is 10.7 Å². The first-order valence-electron chi connectivity index (χ1n) is 4.68. The van der Waals surface area contributed by atoms with Crippen LogP contribution in [-0.4, -0.2) is 9.78 Å². The highest BCUT2D eigenvalue weighted by Gasteiger charge is 2.20. The lowest BCUT2D eigenvalue weighted by Crippen LogP contribution is -2.25. The first-order chi connectivity index (χ1) is 5.82. The monoisotopic (exact) mass is 217 g/mol. The summed E-state index contributed by atoms with van der Waals surface area (Å²) in [6.07, 6.45) is 0. The molecule has 1 rings (SSSR count). The summed E-state index contributed by atoms with van der Waals surface area (Å²) in [5.41, 5.74) is 6.89. The first kappa shape index (κ1) is 13.3. The van der Waals surface area contributed by atoms with Crippen molar-refractivity contribution in [3.63, 3.8) is 0 Å². The number of hydrogen-bond acceptors (Lipinski definition) is 2. The largest absolute Gasteiger partial charge is 0.382 e. The van der Waals surface area contributed by atoms with Crippen LogP contribution in [0.1, 0.15) is 46.2 Å². The molecule has 1 aromatic heterocycles. The molecule has 82 valence electrons. The van der Waals surface area contributed by atoms with Crippen molar-refractivity contribution in [2.24, 2.45) is 0 Å². The minimum atomic E-state index is 0. The SMILES string of the molecule is CC(C)c1cc(N)nn1C(C)(C)C.Cl. The molecular weight excluding hydrogens is 198 g/mol. The van der Waals surface area contributed by atoms with E-state index in [9.17, 15) is 0 Å². The van der Waals surface area contributed by atoms with Crippen molar-refractivity contribution in [1.29, 1.82) is 0 Å². The van der Waals surface area contributed by atoms with Crippen LogP contribution in [0, 0.1) is 0 Å². The van der Waals surface area contributed by atoms with Crippen LogP contribution >= 0.6 is 12.4 Å². The van der Waals surface area contributed by atoms with Gasteiger partial charge in [-0.25, -0.2) is 0 Å². The fourth-order valence-corrected chi connectivity index (χ4v) is 1.36. The fourth-order valence-electron chi connectivity index (χ4n) is 1.36. The molecule has 0 amide bonds. The minimum absolute atomic E-state index is 0. The maximum atomic E-state index is 5.68. The van der Waals surface area contributed by atoms with Crippen molar-refractivity contribution in [1.82, 2.24) is 9.78 Å². The van der Waals surface area contributed by atoms with Gasteiger partial charge < -0.3 is 5.73 Å². The zero-order valence-electron chi connectivity index (χ0n) is 9.53. The standard InChI is InChI=1S/C10H19N3.ClH/c1-7(2)8-6-9(11)12-13(8)10(3,4)5;/h6-7H,1-5H3,(H2,11,12);1H. The summed E-state index contributed by atoms with van der Waals surface area (Å²) in [5, 5.41) is 4.30.